The summed E-state index contributed by atoms with van der Waals surface area (Å²) in [6, 6.07) is 19.9. The summed E-state index contributed by atoms with van der Waals surface area (Å²) in [6.45, 7) is 3.58. The Morgan fingerprint density at radius 3 is 2.34 bits per heavy atom. The van der Waals surface area contributed by atoms with Gasteiger partial charge in [0.25, 0.3) is 0 Å². The van der Waals surface area contributed by atoms with E-state index in [-0.39, 0.29) is 12.4 Å². The van der Waals surface area contributed by atoms with Gasteiger partial charge < -0.3 is 18.9 Å². The largest absolute Gasteiger partial charge is 0.493 e. The standard InChI is InChI=1S/C26H24O6/c1-18-8-12-22(13-9-18)30-17-21-6-4-5-7-23(21)32-26(28)15-11-20-10-14-24(29-3)25(16-20)31-19(2)27/h4-16H,17H2,1-3H3. The molecule has 0 N–H and O–H groups in total. The van der Waals surface area contributed by atoms with Gasteiger partial charge in [-0.05, 0) is 48.9 Å². The van der Waals surface area contributed by atoms with Crippen LogP contribution in [-0.4, -0.2) is 19.0 Å². The molecule has 3 aromatic carbocycles. The molecular formula is C26H24O6. The van der Waals surface area contributed by atoms with Gasteiger partial charge in [0, 0.05) is 18.6 Å². The van der Waals surface area contributed by atoms with Crippen LogP contribution in [0, 0.1) is 6.92 Å². The Kier molecular flexibility index (Phi) is 7.65. The quantitative estimate of drug-likeness (QED) is 0.279. The molecular weight excluding hydrogens is 408 g/mol. The lowest BCUT2D eigenvalue weighted by atomic mass is 10.2. The zero-order valence-electron chi connectivity index (χ0n) is 18.2. The molecule has 0 aliphatic heterocycles. The Morgan fingerprint density at radius 2 is 1.62 bits per heavy atom. The number of esters is 2. The predicted molar refractivity (Wildman–Crippen MR) is 121 cm³/mol. The van der Waals surface area contributed by atoms with Gasteiger partial charge in [-0.15, -0.1) is 0 Å². The minimum absolute atomic E-state index is 0.264. The molecule has 0 fully saturated rings. The summed E-state index contributed by atoms with van der Waals surface area (Å²) in [5.41, 5.74) is 2.54. The van der Waals surface area contributed by atoms with Gasteiger partial charge in [0.1, 0.15) is 18.1 Å². The molecule has 6 nitrogen and oxygen atoms in total. The summed E-state index contributed by atoms with van der Waals surface area (Å²) >= 11 is 0. The van der Waals surface area contributed by atoms with Crippen molar-refractivity contribution in [1.82, 2.24) is 0 Å². The molecule has 32 heavy (non-hydrogen) atoms. The molecule has 0 unspecified atom stereocenters. The third kappa shape index (κ3) is 6.47. The van der Waals surface area contributed by atoms with Crippen LogP contribution in [0.4, 0.5) is 0 Å². The number of carbonyl (C=O) groups is 2. The van der Waals surface area contributed by atoms with Gasteiger partial charge in [0.2, 0.25) is 0 Å². The van der Waals surface area contributed by atoms with Crippen LogP contribution in [-0.2, 0) is 16.2 Å². The van der Waals surface area contributed by atoms with Crippen molar-refractivity contribution in [2.45, 2.75) is 20.5 Å². The number of hydrogen-bond acceptors (Lipinski definition) is 6. The maximum absolute atomic E-state index is 12.4. The smallest absolute Gasteiger partial charge is 0.336 e. The van der Waals surface area contributed by atoms with E-state index in [1.165, 1.54) is 20.1 Å². The van der Waals surface area contributed by atoms with Crippen molar-refractivity contribution in [3.8, 4) is 23.0 Å². The first-order valence-corrected chi connectivity index (χ1v) is 9.98. The fraction of sp³-hybridized carbons (Fsp3) is 0.154. The lowest BCUT2D eigenvalue weighted by molar-refractivity contribution is -0.132. The molecule has 6 heteroatoms. The first-order valence-electron chi connectivity index (χ1n) is 9.98. The highest BCUT2D eigenvalue weighted by Crippen LogP contribution is 2.29. The van der Waals surface area contributed by atoms with Crippen molar-refractivity contribution in [2.24, 2.45) is 0 Å². The van der Waals surface area contributed by atoms with E-state index in [4.69, 9.17) is 18.9 Å². The van der Waals surface area contributed by atoms with E-state index in [0.717, 1.165) is 16.9 Å². The minimum atomic E-state index is -0.544. The van der Waals surface area contributed by atoms with Crippen molar-refractivity contribution < 1.29 is 28.5 Å². The third-order valence-electron chi connectivity index (χ3n) is 4.45. The van der Waals surface area contributed by atoms with Crippen LogP contribution in [0.25, 0.3) is 6.08 Å². The van der Waals surface area contributed by atoms with E-state index >= 15 is 0 Å². The molecule has 0 atom stereocenters. The number of hydrogen-bond donors (Lipinski definition) is 0. The SMILES string of the molecule is COc1ccc(C=CC(=O)Oc2ccccc2COc2ccc(C)cc2)cc1OC(C)=O. The number of carbonyl (C=O) groups excluding carboxylic acids is 2. The van der Waals surface area contributed by atoms with Gasteiger partial charge in [-0.1, -0.05) is 42.0 Å². The van der Waals surface area contributed by atoms with Crippen LogP contribution < -0.4 is 18.9 Å². The van der Waals surface area contributed by atoms with Crippen LogP contribution in [0.15, 0.2) is 72.8 Å². The van der Waals surface area contributed by atoms with Crippen LogP contribution >= 0.6 is 0 Å². The number of aryl methyl sites for hydroxylation is 1. The second-order valence-corrected chi connectivity index (χ2v) is 6.97. The molecule has 0 radical (unpaired) electrons. The average molecular weight is 432 g/mol. The van der Waals surface area contributed by atoms with Crippen molar-refractivity contribution in [3.63, 3.8) is 0 Å². The van der Waals surface area contributed by atoms with Crippen LogP contribution in [0.5, 0.6) is 23.0 Å². The maximum Gasteiger partial charge on any atom is 0.336 e. The van der Waals surface area contributed by atoms with Crippen molar-refractivity contribution in [3.05, 3.63) is 89.5 Å². The number of para-hydroxylation sites is 1. The molecule has 0 aliphatic carbocycles. The average Bonchev–Trinajstić information content (AvgIpc) is 2.78. The van der Waals surface area contributed by atoms with Gasteiger partial charge in [0.05, 0.1) is 7.11 Å². The van der Waals surface area contributed by atoms with Crippen molar-refractivity contribution in [1.29, 1.82) is 0 Å². The first kappa shape index (κ1) is 22.6. The first-order chi connectivity index (χ1) is 15.4. The highest BCUT2D eigenvalue weighted by atomic mass is 16.6. The Balaban J connectivity index is 1.66. The molecule has 3 aromatic rings. The van der Waals surface area contributed by atoms with E-state index in [1.54, 1.807) is 36.4 Å². The summed E-state index contributed by atoms with van der Waals surface area (Å²) < 4.78 is 21.6. The van der Waals surface area contributed by atoms with Gasteiger partial charge >= 0.3 is 11.9 Å². The monoisotopic (exact) mass is 432 g/mol. The molecule has 0 aliphatic rings. The van der Waals surface area contributed by atoms with E-state index in [2.05, 4.69) is 0 Å². The van der Waals surface area contributed by atoms with Crippen LogP contribution in [0.2, 0.25) is 0 Å². The molecule has 0 saturated carbocycles. The Labute approximate surface area is 187 Å². The number of methoxy groups -OCH3 is 1. The lowest BCUT2D eigenvalue weighted by Gasteiger charge is -2.11. The van der Waals surface area contributed by atoms with E-state index < -0.39 is 11.9 Å². The van der Waals surface area contributed by atoms with Gasteiger partial charge in [-0.25, -0.2) is 4.79 Å². The molecule has 0 spiro atoms. The third-order valence-corrected chi connectivity index (χ3v) is 4.45. The molecule has 0 heterocycles. The number of benzene rings is 3. The second-order valence-electron chi connectivity index (χ2n) is 6.97. The van der Waals surface area contributed by atoms with E-state index in [0.29, 0.717) is 17.1 Å². The molecule has 0 saturated heterocycles. The lowest BCUT2D eigenvalue weighted by Crippen LogP contribution is -2.07. The van der Waals surface area contributed by atoms with Gasteiger partial charge in [-0.3, -0.25) is 4.79 Å². The predicted octanol–water partition coefficient (Wildman–Crippen LogP) is 5.13. The minimum Gasteiger partial charge on any atom is -0.493 e. The van der Waals surface area contributed by atoms with Crippen molar-refractivity contribution in [2.75, 3.05) is 7.11 Å². The molecule has 164 valence electrons. The van der Waals surface area contributed by atoms with E-state index in [1.807, 2.05) is 43.3 Å². The molecule has 0 aromatic heterocycles. The zero-order valence-corrected chi connectivity index (χ0v) is 18.2. The van der Waals surface area contributed by atoms with Gasteiger partial charge in [-0.2, -0.15) is 0 Å². The van der Waals surface area contributed by atoms with Crippen molar-refractivity contribution >= 4 is 18.0 Å². The van der Waals surface area contributed by atoms with E-state index in [9.17, 15) is 9.59 Å². The Morgan fingerprint density at radius 1 is 0.875 bits per heavy atom. The fourth-order valence-electron chi connectivity index (χ4n) is 2.86. The molecule has 3 rings (SSSR count). The van der Waals surface area contributed by atoms with Crippen LogP contribution in [0.3, 0.4) is 0 Å². The van der Waals surface area contributed by atoms with Crippen LogP contribution in [0.1, 0.15) is 23.6 Å². The molecule has 0 amide bonds. The van der Waals surface area contributed by atoms with Gasteiger partial charge in [0.15, 0.2) is 11.5 Å². The fourth-order valence-corrected chi connectivity index (χ4v) is 2.86. The highest BCUT2D eigenvalue weighted by molar-refractivity contribution is 5.89. The summed E-state index contributed by atoms with van der Waals surface area (Å²) in [5.74, 6) is 0.840. The second kappa shape index (κ2) is 10.8. The summed E-state index contributed by atoms with van der Waals surface area (Å²) in [4.78, 5) is 23.6. The molecule has 0 bridgehead atoms. The number of rotatable bonds is 8. The Bertz CT molecular complexity index is 1120. The normalized spacial score (nSPS) is 10.6. The summed E-state index contributed by atoms with van der Waals surface area (Å²) in [7, 11) is 1.48. The number of ether oxygens (including phenoxy) is 4. The topological polar surface area (TPSA) is 71.1 Å². The Hall–Kier alpha value is -4.06. The maximum atomic E-state index is 12.4. The highest BCUT2D eigenvalue weighted by Gasteiger charge is 2.10. The summed E-state index contributed by atoms with van der Waals surface area (Å²) in [5, 5.41) is 0. The zero-order chi connectivity index (χ0) is 22.9. The summed E-state index contributed by atoms with van der Waals surface area (Å²) in [6.07, 6.45) is 2.87.